The SMILES string of the molecule is [2H]c1c([2H])c([2H])c(-c2ccc3c(c2)Sc2cccc4c2B3C2=C4[Si](C)(C)c3ccccc32)c([2H])c1[2H].[2H]c1c([2H])c([2H])c(N(c2ccc3c(c2)Oc2cccc4c2B3c2c-4n(-c3c([2H])c([2H])c([2H])c([2H])c3[2H])c3c([2H])c([2H])c([2H])c([2H])c23)c2c([2H])c([2H])c([2H])c([2H])c2[2H])c([2H])c1[2H].c1ccc(-c2ccc3c(c2)-c2cc(-c4ccccc4)cc4c2B3c2oc3ccccc3c2-4)cc1. The van der Waals surface area contributed by atoms with Gasteiger partial charge in [0.15, 0.2) is 0 Å². The molecule has 0 N–H and O–H groups in total. The third-order valence-electron chi connectivity index (χ3n) is 22.0. The summed E-state index contributed by atoms with van der Waals surface area (Å²) in [4.78, 5) is 3.32. The largest absolute Gasteiger partial charge is 0.470 e. The maximum atomic E-state index is 9.19. The van der Waals surface area contributed by atoms with Crippen molar-refractivity contribution in [3.8, 4) is 84.1 Å². The minimum absolute atomic E-state index is 0.0109. The number of furan rings is 1. The van der Waals surface area contributed by atoms with Gasteiger partial charge in [0.2, 0.25) is 6.71 Å². The summed E-state index contributed by atoms with van der Waals surface area (Å²) in [6, 6.07) is 58.4. The van der Waals surface area contributed by atoms with Crippen molar-refractivity contribution in [3.63, 3.8) is 0 Å². The van der Waals surface area contributed by atoms with E-state index in [0.29, 0.717) is 27.5 Å². The summed E-state index contributed by atoms with van der Waals surface area (Å²) in [7, 11) is -1.85. The Hall–Kier alpha value is -12.5. The van der Waals surface area contributed by atoms with Crippen LogP contribution in [0.15, 0.2) is 372 Å². The van der Waals surface area contributed by atoms with E-state index in [0.717, 1.165) is 21.0 Å². The zero-order chi connectivity index (χ0) is 91.5. The number of para-hydroxylation sites is 5. The molecule has 0 spiro atoms. The highest BCUT2D eigenvalue weighted by atomic mass is 32.2. The number of nitrogens with zero attached hydrogens (tertiary/aromatic N) is 2. The number of benzene rings is 15. The van der Waals surface area contributed by atoms with E-state index < -0.39 is 141 Å². The molecule has 2 aromatic heterocycles. The Morgan fingerprint density at radius 2 is 1.00 bits per heavy atom. The summed E-state index contributed by atoms with van der Waals surface area (Å²) in [6.07, 6.45) is 0. The molecule has 7 aliphatic heterocycles. The van der Waals surface area contributed by atoms with Crippen molar-refractivity contribution in [1.29, 1.82) is 0 Å². The summed E-state index contributed by atoms with van der Waals surface area (Å²) >= 11 is 1.73. The Balaban J connectivity index is 0.000000122. The molecule has 0 bridgehead atoms. The van der Waals surface area contributed by atoms with Gasteiger partial charge in [-0.3, -0.25) is 0 Å². The van der Waals surface area contributed by atoms with Crippen molar-refractivity contribution in [1.82, 2.24) is 4.57 Å². The Kier molecular flexibility index (Phi) is 9.63. The first-order valence-corrected chi connectivity index (χ1v) is 39.1. The average Bonchev–Trinajstić information content (AvgIpc) is 1.53. The first kappa shape index (κ1) is 42.4. The van der Waals surface area contributed by atoms with Crippen LogP contribution in [0.5, 0.6) is 11.5 Å². The molecular weight excluding hydrogens is 1330 g/mol. The molecule has 0 aliphatic carbocycles. The third-order valence-corrected chi connectivity index (χ3v) is 26.7. The van der Waals surface area contributed by atoms with Gasteiger partial charge >= 0.3 is 0 Å². The number of aromatic nitrogens is 1. The van der Waals surface area contributed by atoms with E-state index in [4.69, 9.17) is 40.7 Å². The minimum atomic E-state index is -1.85. The lowest BCUT2D eigenvalue weighted by Crippen LogP contribution is -2.52. The smallest absolute Gasteiger partial charge is 0.290 e. The molecule has 15 aromatic carbocycles. The van der Waals surface area contributed by atoms with Crippen LogP contribution >= 0.6 is 11.8 Å². The van der Waals surface area contributed by atoms with Crippen molar-refractivity contribution < 1.29 is 42.1 Å². The van der Waals surface area contributed by atoms with Gasteiger partial charge in [-0.2, -0.15) is 0 Å². The molecule has 498 valence electrons. The van der Waals surface area contributed by atoms with Gasteiger partial charge in [0.25, 0.3) is 13.4 Å². The van der Waals surface area contributed by atoms with Crippen molar-refractivity contribution >= 4 is 139 Å². The second kappa shape index (κ2) is 24.3. The summed E-state index contributed by atoms with van der Waals surface area (Å²) in [5.74, 6) is 0.330. The number of fused-ring (bicyclic) bond motifs is 21. The van der Waals surface area contributed by atoms with E-state index in [-0.39, 0.29) is 88.7 Å². The second-order valence-electron chi connectivity index (χ2n) is 27.8. The van der Waals surface area contributed by atoms with Crippen LogP contribution in [-0.2, 0) is 0 Å². The number of anilines is 3. The van der Waals surface area contributed by atoms with Gasteiger partial charge in [0.05, 0.1) is 44.1 Å². The maximum Gasteiger partial charge on any atom is 0.290 e. The molecular formula is C98H65B3N2O2SSi. The Bertz CT molecular complexity index is 7950. The summed E-state index contributed by atoms with van der Waals surface area (Å²) < 4.78 is 219. The number of rotatable bonds is 7. The molecule has 9 heterocycles. The first-order chi connectivity index (χ1) is 62.8. The number of hydrogen-bond acceptors (Lipinski definition) is 4. The van der Waals surface area contributed by atoms with Gasteiger partial charge in [0, 0.05) is 55.3 Å². The van der Waals surface area contributed by atoms with E-state index in [1.54, 1.807) is 41.2 Å². The predicted octanol–water partition coefficient (Wildman–Crippen LogP) is 19.3. The Labute approximate surface area is 662 Å². The van der Waals surface area contributed by atoms with Crippen LogP contribution in [0.3, 0.4) is 0 Å². The van der Waals surface area contributed by atoms with Crippen LogP contribution < -0.4 is 58.7 Å². The number of hydrogen-bond donors (Lipinski definition) is 0. The lowest BCUT2D eigenvalue weighted by atomic mass is 9.37. The molecule has 17 aromatic rings. The second-order valence-corrected chi connectivity index (χ2v) is 33.2. The van der Waals surface area contributed by atoms with Crippen LogP contribution in [0.4, 0.5) is 17.1 Å². The lowest BCUT2D eigenvalue weighted by molar-refractivity contribution is 0.488. The fourth-order valence-electron chi connectivity index (χ4n) is 17.7. The van der Waals surface area contributed by atoms with Crippen molar-refractivity contribution in [2.24, 2.45) is 0 Å². The summed E-state index contributed by atoms with van der Waals surface area (Å²) in [5.41, 5.74) is 23.2. The normalized spacial score (nSPS) is 16.9. The van der Waals surface area contributed by atoms with E-state index in [9.17, 15) is 1.37 Å². The zero-order valence-corrected chi connectivity index (χ0v) is 58.9. The zero-order valence-electron chi connectivity index (χ0n) is 81.1. The van der Waals surface area contributed by atoms with Crippen molar-refractivity contribution in [3.05, 3.63) is 368 Å². The highest BCUT2D eigenvalue weighted by molar-refractivity contribution is 8.00. The summed E-state index contributed by atoms with van der Waals surface area (Å²) in [6.45, 7) is 4.35. The van der Waals surface area contributed by atoms with Gasteiger partial charge in [-0.25, -0.2) is 0 Å². The molecule has 0 saturated carbocycles. The minimum Gasteiger partial charge on any atom is -0.470 e. The first-order valence-electron chi connectivity index (χ1n) is 47.2. The standard InChI is InChI=1S/C38H25BN2O.C32H19BO.C28H21BSSi/c1-4-13-26(14-5-1)40(27-15-6-2-7-16-27)29-23-24-32-35(25-29)42-34-22-12-20-31-36(34)39(32)37-30-19-10-11-21-33(30)41(38(31)37)28-17-8-3-9-18-28;1-3-9-20(10-4-1)22-15-16-28-25(17-22)26-18-23(21-11-5-2-6-12-21)19-27-30-24-13-7-8-14-29(24)34-32(30)33(28)31(26)27;1-31(2)25-14-7-6-11-20(25)27-28(31)21-12-8-13-23-26(21)29(27)22-16-15-19(17-24(22)30-23)18-9-4-3-5-10-18/h1-25H;1-19H;3-17H,1-2H3/i1D,2D,3D,4D,5D,6D,7D,8D,9D,10D,11D,13D,14D,15D,16D,17D,18D,19D,21D;;3D,4D,5D,9D,10D. The number of ether oxygens (including phenoxy) is 1. The van der Waals surface area contributed by atoms with Gasteiger partial charge in [0.1, 0.15) is 25.2 Å². The maximum absolute atomic E-state index is 9.19. The fourth-order valence-corrected chi connectivity index (χ4v) is 22.5. The van der Waals surface area contributed by atoms with Gasteiger partial charge in [-0.15, -0.1) is 0 Å². The quantitative estimate of drug-likeness (QED) is 0.149. The molecule has 0 atom stereocenters. The van der Waals surface area contributed by atoms with Crippen LogP contribution in [0.2, 0.25) is 13.1 Å². The summed E-state index contributed by atoms with van der Waals surface area (Å²) in [5, 5.41) is 4.27. The van der Waals surface area contributed by atoms with Gasteiger partial charge < -0.3 is 18.6 Å². The lowest BCUT2D eigenvalue weighted by Gasteiger charge is -2.29. The molecule has 24 rings (SSSR count). The topological polar surface area (TPSA) is 30.5 Å². The molecule has 7 aliphatic rings. The molecule has 107 heavy (non-hydrogen) atoms. The van der Waals surface area contributed by atoms with Crippen LogP contribution in [-0.4, -0.2) is 32.8 Å². The molecule has 0 unspecified atom stereocenters. The monoisotopic (exact) mass is 1420 g/mol. The molecule has 9 heteroatoms. The predicted molar refractivity (Wildman–Crippen MR) is 455 cm³/mol. The molecule has 0 fully saturated rings. The molecule has 0 radical (unpaired) electrons. The molecule has 4 nitrogen and oxygen atoms in total. The Morgan fingerprint density at radius 3 is 1.78 bits per heavy atom. The van der Waals surface area contributed by atoms with Crippen molar-refractivity contribution in [2.45, 2.75) is 22.9 Å². The van der Waals surface area contributed by atoms with Crippen LogP contribution in [0.1, 0.15) is 44.0 Å². The highest BCUT2D eigenvalue weighted by Crippen LogP contribution is 2.50. The van der Waals surface area contributed by atoms with Crippen molar-refractivity contribution in [2.75, 3.05) is 4.90 Å². The molecule has 0 amide bonds. The average molecular weight is 1420 g/mol. The Morgan fingerprint density at radius 1 is 0.383 bits per heavy atom. The van der Waals surface area contributed by atoms with Crippen LogP contribution in [0, 0.1) is 0 Å². The van der Waals surface area contributed by atoms with E-state index in [1.165, 1.54) is 115 Å². The molecule has 0 saturated heterocycles. The van der Waals surface area contributed by atoms with E-state index in [2.05, 4.69) is 177 Å². The highest BCUT2D eigenvalue weighted by Gasteiger charge is 2.52. The van der Waals surface area contributed by atoms with Crippen LogP contribution in [0.25, 0.3) is 105 Å². The van der Waals surface area contributed by atoms with Gasteiger partial charge in [-0.1, -0.05) is 307 Å². The van der Waals surface area contributed by atoms with E-state index >= 15 is 0 Å². The van der Waals surface area contributed by atoms with Gasteiger partial charge in [-0.05, 0) is 195 Å². The van der Waals surface area contributed by atoms with E-state index in [1.807, 2.05) is 12.1 Å². The third kappa shape index (κ3) is 9.47. The fraction of sp³-hybridized carbons (Fsp3) is 0.0204.